The van der Waals surface area contributed by atoms with E-state index < -0.39 is 0 Å². The number of nitrogens with zero attached hydrogens (tertiary/aromatic N) is 2. The molecule has 1 aromatic heterocycles. The van der Waals surface area contributed by atoms with Gasteiger partial charge in [-0.15, -0.1) is 0 Å². The van der Waals surface area contributed by atoms with Gasteiger partial charge in [-0.3, -0.25) is 9.88 Å². The summed E-state index contributed by atoms with van der Waals surface area (Å²) in [5, 5.41) is 9.64. The molecule has 2 atom stereocenters. The first kappa shape index (κ1) is 11.0. The van der Waals surface area contributed by atoms with Crippen molar-refractivity contribution in [2.24, 2.45) is 5.92 Å². The second kappa shape index (κ2) is 4.60. The van der Waals surface area contributed by atoms with Crippen molar-refractivity contribution >= 4 is 15.9 Å². The Morgan fingerprint density at radius 2 is 2.40 bits per heavy atom. The normalized spacial score (nSPS) is 27.1. The summed E-state index contributed by atoms with van der Waals surface area (Å²) in [6, 6.07) is 3.91. The highest BCUT2D eigenvalue weighted by Crippen LogP contribution is 2.21. The van der Waals surface area contributed by atoms with Gasteiger partial charge in [0.15, 0.2) is 0 Å². The van der Waals surface area contributed by atoms with Gasteiger partial charge >= 0.3 is 0 Å². The van der Waals surface area contributed by atoms with Gasteiger partial charge in [-0.25, -0.2) is 0 Å². The van der Waals surface area contributed by atoms with Crippen LogP contribution in [-0.2, 0) is 6.54 Å². The van der Waals surface area contributed by atoms with Gasteiger partial charge in [-0.2, -0.15) is 0 Å². The van der Waals surface area contributed by atoms with Crippen molar-refractivity contribution in [2.45, 2.75) is 19.6 Å². The summed E-state index contributed by atoms with van der Waals surface area (Å²) < 4.78 is 1.04. The van der Waals surface area contributed by atoms with Crippen LogP contribution in [0.3, 0.4) is 0 Å². The molecule has 0 aliphatic carbocycles. The molecule has 1 aliphatic rings. The minimum Gasteiger partial charge on any atom is -0.391 e. The fourth-order valence-corrected chi connectivity index (χ4v) is 2.30. The number of halogens is 1. The standard InChI is InChI=1S/C11H15BrN2O/c1-8-5-14(7-11(8)15)6-10-9(12)3-2-4-13-10/h2-4,8,11,15H,5-7H2,1H3. The van der Waals surface area contributed by atoms with E-state index in [1.807, 2.05) is 12.1 Å². The Labute approximate surface area is 98.3 Å². The Morgan fingerprint density at radius 3 is 3.00 bits per heavy atom. The quantitative estimate of drug-likeness (QED) is 0.888. The van der Waals surface area contributed by atoms with E-state index in [-0.39, 0.29) is 6.10 Å². The summed E-state index contributed by atoms with van der Waals surface area (Å²) in [5.74, 6) is 0.368. The van der Waals surface area contributed by atoms with Crippen LogP contribution >= 0.6 is 15.9 Å². The largest absolute Gasteiger partial charge is 0.391 e. The molecule has 0 bridgehead atoms. The molecule has 2 unspecified atom stereocenters. The molecule has 1 saturated heterocycles. The van der Waals surface area contributed by atoms with Gasteiger partial charge in [0, 0.05) is 30.3 Å². The fraction of sp³-hybridized carbons (Fsp3) is 0.545. The minimum absolute atomic E-state index is 0.188. The molecule has 0 radical (unpaired) electrons. The van der Waals surface area contributed by atoms with Crippen LogP contribution in [0.25, 0.3) is 0 Å². The number of likely N-dealkylation sites (tertiary alicyclic amines) is 1. The van der Waals surface area contributed by atoms with Crippen molar-refractivity contribution in [1.29, 1.82) is 0 Å². The molecular formula is C11H15BrN2O. The predicted molar refractivity (Wildman–Crippen MR) is 62.4 cm³/mol. The van der Waals surface area contributed by atoms with Gasteiger partial charge in [-0.05, 0) is 34.0 Å². The van der Waals surface area contributed by atoms with Gasteiger partial charge in [-0.1, -0.05) is 6.92 Å². The number of rotatable bonds is 2. The maximum atomic E-state index is 9.64. The zero-order valence-electron chi connectivity index (χ0n) is 8.73. The predicted octanol–water partition coefficient (Wildman–Crippen LogP) is 1.66. The average molecular weight is 271 g/mol. The van der Waals surface area contributed by atoms with Crippen molar-refractivity contribution in [1.82, 2.24) is 9.88 Å². The minimum atomic E-state index is -0.188. The van der Waals surface area contributed by atoms with Crippen molar-refractivity contribution < 1.29 is 5.11 Å². The molecule has 0 amide bonds. The summed E-state index contributed by atoms with van der Waals surface area (Å²) in [6.45, 7) is 4.59. The number of hydrogen-bond donors (Lipinski definition) is 1. The lowest BCUT2D eigenvalue weighted by Crippen LogP contribution is -2.22. The van der Waals surface area contributed by atoms with E-state index in [1.165, 1.54) is 0 Å². The van der Waals surface area contributed by atoms with Crippen LogP contribution in [0, 0.1) is 5.92 Å². The van der Waals surface area contributed by atoms with Gasteiger partial charge < -0.3 is 5.11 Å². The van der Waals surface area contributed by atoms with E-state index in [2.05, 4.69) is 32.7 Å². The first-order valence-corrected chi connectivity index (χ1v) is 5.96. The zero-order valence-corrected chi connectivity index (χ0v) is 10.3. The third-order valence-electron chi connectivity index (χ3n) is 2.86. The zero-order chi connectivity index (χ0) is 10.8. The third-order valence-corrected chi connectivity index (χ3v) is 3.58. The molecule has 0 aromatic carbocycles. The van der Waals surface area contributed by atoms with Crippen molar-refractivity contribution in [3.05, 3.63) is 28.5 Å². The van der Waals surface area contributed by atoms with E-state index >= 15 is 0 Å². The second-order valence-electron chi connectivity index (χ2n) is 4.17. The average Bonchev–Trinajstić information content (AvgIpc) is 2.50. The number of aliphatic hydroxyl groups excluding tert-OH is 1. The highest BCUT2D eigenvalue weighted by molar-refractivity contribution is 9.10. The van der Waals surface area contributed by atoms with Crippen LogP contribution < -0.4 is 0 Å². The van der Waals surface area contributed by atoms with Crippen LogP contribution in [0.2, 0.25) is 0 Å². The summed E-state index contributed by atoms with van der Waals surface area (Å²) in [5.41, 5.74) is 1.04. The molecule has 3 nitrogen and oxygen atoms in total. The molecule has 4 heteroatoms. The molecule has 82 valence electrons. The van der Waals surface area contributed by atoms with Gasteiger partial charge in [0.1, 0.15) is 0 Å². The Morgan fingerprint density at radius 1 is 1.60 bits per heavy atom. The molecule has 15 heavy (non-hydrogen) atoms. The fourth-order valence-electron chi connectivity index (χ4n) is 1.92. The number of hydrogen-bond acceptors (Lipinski definition) is 3. The summed E-state index contributed by atoms with van der Waals surface area (Å²) >= 11 is 3.48. The van der Waals surface area contributed by atoms with Crippen LogP contribution in [0.5, 0.6) is 0 Å². The SMILES string of the molecule is CC1CN(Cc2ncccc2Br)CC1O. The van der Waals surface area contributed by atoms with Crippen molar-refractivity contribution in [3.8, 4) is 0 Å². The number of β-amino-alcohol motifs (C(OH)–C–C–N with tert-alkyl or cyclic N) is 1. The van der Waals surface area contributed by atoms with E-state index in [0.29, 0.717) is 5.92 Å². The first-order valence-electron chi connectivity index (χ1n) is 5.16. The smallest absolute Gasteiger partial charge is 0.0704 e. The molecule has 0 spiro atoms. The molecule has 1 aliphatic heterocycles. The molecule has 1 N–H and O–H groups in total. The lowest BCUT2D eigenvalue weighted by molar-refractivity contribution is 0.147. The maximum Gasteiger partial charge on any atom is 0.0704 e. The third kappa shape index (κ3) is 2.56. The Kier molecular flexibility index (Phi) is 3.38. The van der Waals surface area contributed by atoms with Crippen LogP contribution in [-0.4, -0.2) is 34.2 Å². The highest BCUT2D eigenvalue weighted by atomic mass is 79.9. The number of aromatic nitrogens is 1. The first-order chi connectivity index (χ1) is 7.16. The molecule has 0 saturated carbocycles. The Bertz CT molecular complexity index is 335. The summed E-state index contributed by atoms with van der Waals surface area (Å²) in [4.78, 5) is 6.56. The summed E-state index contributed by atoms with van der Waals surface area (Å²) in [6.07, 6.45) is 1.61. The highest BCUT2D eigenvalue weighted by Gasteiger charge is 2.27. The second-order valence-corrected chi connectivity index (χ2v) is 5.02. The Balaban J connectivity index is 2.01. The molecule has 1 fully saturated rings. The number of aliphatic hydroxyl groups is 1. The van der Waals surface area contributed by atoms with E-state index in [0.717, 1.165) is 29.8 Å². The molecule has 2 rings (SSSR count). The topological polar surface area (TPSA) is 36.4 Å². The van der Waals surface area contributed by atoms with Crippen LogP contribution in [0.1, 0.15) is 12.6 Å². The van der Waals surface area contributed by atoms with Crippen LogP contribution in [0.15, 0.2) is 22.8 Å². The molecule has 1 aromatic rings. The van der Waals surface area contributed by atoms with E-state index in [4.69, 9.17) is 0 Å². The van der Waals surface area contributed by atoms with Gasteiger partial charge in [0.2, 0.25) is 0 Å². The lowest BCUT2D eigenvalue weighted by atomic mass is 10.1. The van der Waals surface area contributed by atoms with E-state index in [9.17, 15) is 5.11 Å². The molecule has 2 heterocycles. The van der Waals surface area contributed by atoms with Crippen molar-refractivity contribution in [2.75, 3.05) is 13.1 Å². The maximum absolute atomic E-state index is 9.64. The van der Waals surface area contributed by atoms with Crippen molar-refractivity contribution in [3.63, 3.8) is 0 Å². The van der Waals surface area contributed by atoms with Gasteiger partial charge in [0.25, 0.3) is 0 Å². The number of pyridine rings is 1. The lowest BCUT2D eigenvalue weighted by Gasteiger charge is -2.14. The Hall–Kier alpha value is -0.450. The molecular weight excluding hydrogens is 256 g/mol. The van der Waals surface area contributed by atoms with E-state index in [1.54, 1.807) is 6.20 Å². The van der Waals surface area contributed by atoms with Gasteiger partial charge in [0.05, 0.1) is 11.8 Å². The van der Waals surface area contributed by atoms with Crippen LogP contribution in [0.4, 0.5) is 0 Å². The monoisotopic (exact) mass is 270 g/mol. The summed E-state index contributed by atoms with van der Waals surface area (Å²) in [7, 11) is 0.